The molecule has 3 nitrogen and oxygen atoms in total. The molecule has 1 N–H and O–H groups in total. The number of amides is 1. The second-order valence-electron chi connectivity index (χ2n) is 3.35. The van der Waals surface area contributed by atoms with Gasteiger partial charge in [-0.15, -0.1) is 11.3 Å². The van der Waals surface area contributed by atoms with Crippen LogP contribution in [0.15, 0.2) is 45.3 Å². The largest absolute Gasteiger partial charge is 0.271 e. The molecule has 1 heterocycles. The predicted molar refractivity (Wildman–Crippen MR) is 73.5 cm³/mol. The number of carbonyl (C=O) groups is 1. The Kier molecular flexibility index (Phi) is 4.22. The zero-order valence-corrected chi connectivity index (χ0v) is 11.5. The highest BCUT2D eigenvalue weighted by atomic mass is 79.9. The number of hydrogen-bond acceptors (Lipinski definition) is 3. The van der Waals surface area contributed by atoms with Gasteiger partial charge in [-0.05, 0) is 52.3 Å². The topological polar surface area (TPSA) is 41.5 Å². The van der Waals surface area contributed by atoms with E-state index in [-0.39, 0.29) is 11.7 Å². The second-order valence-corrected chi connectivity index (χ2v) is 5.84. The minimum Gasteiger partial charge on any atom is -0.267 e. The van der Waals surface area contributed by atoms with E-state index in [2.05, 4.69) is 26.5 Å². The number of thiophene rings is 1. The SMILES string of the molecule is O=C(NN=Cc1ccc(Br)s1)c1ccc(F)cc1. The molecule has 1 amide bonds. The standard InChI is InChI=1S/C12H8BrFN2OS/c13-11-6-5-10(18-11)7-15-16-12(17)8-1-3-9(14)4-2-8/h1-7H,(H,16,17). The van der Waals surface area contributed by atoms with Gasteiger partial charge in [0, 0.05) is 10.4 Å². The first-order valence-corrected chi connectivity index (χ1v) is 6.60. The lowest BCUT2D eigenvalue weighted by molar-refractivity contribution is 0.0955. The highest BCUT2D eigenvalue weighted by Gasteiger charge is 2.03. The van der Waals surface area contributed by atoms with E-state index in [1.165, 1.54) is 35.6 Å². The first-order chi connectivity index (χ1) is 8.65. The van der Waals surface area contributed by atoms with Gasteiger partial charge < -0.3 is 0 Å². The highest BCUT2D eigenvalue weighted by Crippen LogP contribution is 2.20. The van der Waals surface area contributed by atoms with E-state index in [1.54, 1.807) is 6.21 Å². The summed E-state index contributed by atoms with van der Waals surface area (Å²) in [7, 11) is 0. The van der Waals surface area contributed by atoms with Gasteiger partial charge in [0.15, 0.2) is 0 Å². The fraction of sp³-hybridized carbons (Fsp3) is 0. The molecular formula is C12H8BrFN2OS. The van der Waals surface area contributed by atoms with Crippen LogP contribution < -0.4 is 5.43 Å². The quantitative estimate of drug-likeness (QED) is 0.681. The van der Waals surface area contributed by atoms with Crippen LogP contribution in [0.1, 0.15) is 15.2 Å². The Bertz CT molecular complexity index is 580. The Balaban J connectivity index is 1.96. The number of rotatable bonds is 3. The molecular weight excluding hydrogens is 319 g/mol. The van der Waals surface area contributed by atoms with E-state index in [1.807, 2.05) is 12.1 Å². The van der Waals surface area contributed by atoms with E-state index < -0.39 is 0 Å². The number of nitrogens with zero attached hydrogens (tertiary/aromatic N) is 1. The molecule has 0 fully saturated rings. The van der Waals surface area contributed by atoms with Crippen LogP contribution in [0.25, 0.3) is 0 Å². The van der Waals surface area contributed by atoms with Crippen LogP contribution in [0.5, 0.6) is 0 Å². The Labute approximate surface area is 115 Å². The molecule has 0 radical (unpaired) electrons. The van der Waals surface area contributed by atoms with Crippen LogP contribution in [0.2, 0.25) is 0 Å². The van der Waals surface area contributed by atoms with Gasteiger partial charge in [-0.25, -0.2) is 9.82 Å². The smallest absolute Gasteiger partial charge is 0.267 e. The van der Waals surface area contributed by atoms with Crippen molar-refractivity contribution in [3.8, 4) is 0 Å². The molecule has 18 heavy (non-hydrogen) atoms. The summed E-state index contributed by atoms with van der Waals surface area (Å²) in [6, 6.07) is 9.05. The molecule has 1 aromatic carbocycles. The third-order valence-corrected chi connectivity index (χ3v) is 3.62. The van der Waals surface area contributed by atoms with Crippen molar-refractivity contribution in [2.45, 2.75) is 0 Å². The Hall–Kier alpha value is -1.53. The molecule has 0 aliphatic heterocycles. The molecule has 0 aliphatic carbocycles. The minimum absolute atomic E-state index is 0.362. The molecule has 0 saturated heterocycles. The van der Waals surface area contributed by atoms with Gasteiger partial charge in [-0.2, -0.15) is 5.10 Å². The Morgan fingerprint density at radius 1 is 1.28 bits per heavy atom. The molecule has 0 unspecified atom stereocenters. The molecule has 1 aromatic heterocycles. The summed E-state index contributed by atoms with van der Waals surface area (Å²) < 4.78 is 13.7. The van der Waals surface area contributed by atoms with Crippen molar-refractivity contribution >= 4 is 39.4 Å². The summed E-state index contributed by atoms with van der Waals surface area (Å²) in [5, 5.41) is 3.82. The fourth-order valence-electron chi connectivity index (χ4n) is 1.22. The third-order valence-electron chi connectivity index (χ3n) is 2.06. The normalized spacial score (nSPS) is 10.8. The summed E-state index contributed by atoms with van der Waals surface area (Å²) in [5.74, 6) is -0.750. The summed E-state index contributed by atoms with van der Waals surface area (Å²) in [6.45, 7) is 0. The van der Waals surface area contributed by atoms with Crippen molar-refractivity contribution in [2.24, 2.45) is 5.10 Å². The van der Waals surface area contributed by atoms with Crippen molar-refractivity contribution in [3.63, 3.8) is 0 Å². The average Bonchev–Trinajstić information content (AvgIpc) is 2.76. The van der Waals surface area contributed by atoms with E-state index in [0.29, 0.717) is 5.56 Å². The molecule has 0 atom stereocenters. The van der Waals surface area contributed by atoms with Gasteiger partial charge in [0.2, 0.25) is 0 Å². The van der Waals surface area contributed by atoms with E-state index >= 15 is 0 Å². The number of benzene rings is 1. The lowest BCUT2D eigenvalue weighted by Gasteiger charge is -1.98. The lowest BCUT2D eigenvalue weighted by Crippen LogP contribution is -2.17. The molecule has 0 saturated carbocycles. The van der Waals surface area contributed by atoms with Crippen LogP contribution in [0.4, 0.5) is 4.39 Å². The molecule has 92 valence electrons. The molecule has 0 aliphatic rings. The molecule has 0 bridgehead atoms. The van der Waals surface area contributed by atoms with Crippen molar-refractivity contribution < 1.29 is 9.18 Å². The summed E-state index contributed by atoms with van der Waals surface area (Å²) in [5.41, 5.74) is 2.74. The minimum atomic E-state index is -0.376. The number of hydrazone groups is 1. The maximum absolute atomic E-state index is 12.7. The van der Waals surface area contributed by atoms with Gasteiger partial charge in [0.05, 0.1) is 10.0 Å². The van der Waals surface area contributed by atoms with Crippen molar-refractivity contribution in [2.75, 3.05) is 0 Å². The number of carbonyl (C=O) groups excluding carboxylic acids is 1. The molecule has 0 spiro atoms. The number of halogens is 2. The van der Waals surface area contributed by atoms with E-state index in [9.17, 15) is 9.18 Å². The van der Waals surface area contributed by atoms with Crippen LogP contribution in [-0.4, -0.2) is 12.1 Å². The maximum atomic E-state index is 12.7. The Morgan fingerprint density at radius 3 is 2.61 bits per heavy atom. The van der Waals surface area contributed by atoms with Gasteiger partial charge >= 0.3 is 0 Å². The van der Waals surface area contributed by atoms with Crippen LogP contribution in [-0.2, 0) is 0 Å². The van der Waals surface area contributed by atoms with Crippen LogP contribution >= 0.6 is 27.3 Å². The van der Waals surface area contributed by atoms with E-state index in [0.717, 1.165) is 8.66 Å². The predicted octanol–water partition coefficient (Wildman–Crippen LogP) is 3.41. The van der Waals surface area contributed by atoms with Crippen LogP contribution in [0.3, 0.4) is 0 Å². The lowest BCUT2D eigenvalue weighted by atomic mass is 10.2. The molecule has 6 heteroatoms. The first kappa shape index (κ1) is 12.9. The number of hydrogen-bond donors (Lipinski definition) is 1. The van der Waals surface area contributed by atoms with Gasteiger partial charge in [0.25, 0.3) is 5.91 Å². The monoisotopic (exact) mass is 326 g/mol. The average molecular weight is 327 g/mol. The molecule has 2 aromatic rings. The van der Waals surface area contributed by atoms with Gasteiger partial charge in [-0.1, -0.05) is 0 Å². The second kappa shape index (κ2) is 5.88. The van der Waals surface area contributed by atoms with E-state index in [4.69, 9.17) is 0 Å². The van der Waals surface area contributed by atoms with Crippen molar-refractivity contribution in [1.82, 2.24) is 5.43 Å². The highest BCUT2D eigenvalue weighted by molar-refractivity contribution is 9.11. The van der Waals surface area contributed by atoms with Gasteiger partial charge in [-0.3, -0.25) is 4.79 Å². The summed E-state index contributed by atoms with van der Waals surface area (Å²) in [4.78, 5) is 12.5. The fourth-order valence-corrected chi connectivity index (χ4v) is 2.51. The maximum Gasteiger partial charge on any atom is 0.271 e. The van der Waals surface area contributed by atoms with Gasteiger partial charge in [0.1, 0.15) is 5.82 Å². The first-order valence-electron chi connectivity index (χ1n) is 4.99. The summed E-state index contributed by atoms with van der Waals surface area (Å²) >= 11 is 4.83. The zero-order chi connectivity index (χ0) is 13.0. The zero-order valence-electron chi connectivity index (χ0n) is 9.06. The van der Waals surface area contributed by atoms with Crippen molar-refractivity contribution in [3.05, 3.63) is 56.4 Å². The Morgan fingerprint density at radius 2 is 2.00 bits per heavy atom. The van der Waals surface area contributed by atoms with Crippen LogP contribution in [0, 0.1) is 5.82 Å². The summed E-state index contributed by atoms with van der Waals surface area (Å²) in [6.07, 6.45) is 1.55. The molecule has 2 rings (SSSR count). The number of nitrogens with one attached hydrogen (secondary N) is 1. The third kappa shape index (κ3) is 3.48. The van der Waals surface area contributed by atoms with Crippen molar-refractivity contribution in [1.29, 1.82) is 0 Å².